The minimum absolute atomic E-state index is 0.0409. The van der Waals surface area contributed by atoms with Crippen molar-refractivity contribution in [2.75, 3.05) is 6.61 Å². The van der Waals surface area contributed by atoms with E-state index in [1.165, 1.54) is 37.7 Å². The molecular weight excluding hydrogens is 300 g/mol. The summed E-state index contributed by atoms with van der Waals surface area (Å²) in [5.41, 5.74) is 1.44. The highest BCUT2D eigenvalue weighted by Crippen LogP contribution is 2.56. The van der Waals surface area contributed by atoms with Gasteiger partial charge in [-0.2, -0.15) is 0 Å². The van der Waals surface area contributed by atoms with Crippen LogP contribution >= 0.6 is 0 Å². The van der Waals surface area contributed by atoms with Crippen LogP contribution in [0.15, 0.2) is 23.5 Å². The number of ether oxygens (including phenoxy) is 2. The maximum atomic E-state index is 12.1. The van der Waals surface area contributed by atoms with E-state index in [4.69, 9.17) is 9.47 Å². The van der Waals surface area contributed by atoms with E-state index >= 15 is 0 Å². The number of esters is 1. The van der Waals surface area contributed by atoms with Crippen LogP contribution in [0.25, 0.3) is 0 Å². The lowest BCUT2D eigenvalue weighted by Crippen LogP contribution is -2.26. The van der Waals surface area contributed by atoms with E-state index < -0.39 is 0 Å². The first-order valence-electron chi connectivity index (χ1n) is 9.86. The van der Waals surface area contributed by atoms with Gasteiger partial charge in [0.25, 0.3) is 0 Å². The molecular formula is C21H32O3. The van der Waals surface area contributed by atoms with Gasteiger partial charge in [0, 0.05) is 12.3 Å². The summed E-state index contributed by atoms with van der Waals surface area (Å²) in [6.45, 7) is 6.55. The predicted molar refractivity (Wildman–Crippen MR) is 95.3 cm³/mol. The third-order valence-corrected chi connectivity index (χ3v) is 6.11. The van der Waals surface area contributed by atoms with Crippen LogP contribution in [0.1, 0.15) is 65.7 Å². The molecule has 0 N–H and O–H groups in total. The van der Waals surface area contributed by atoms with Crippen LogP contribution in [0, 0.1) is 23.7 Å². The number of hydrogen-bond acceptors (Lipinski definition) is 3. The Bertz CT molecular complexity index is 513. The highest BCUT2D eigenvalue weighted by atomic mass is 16.5. The van der Waals surface area contributed by atoms with Crippen LogP contribution in [0.4, 0.5) is 0 Å². The lowest BCUT2D eigenvalue weighted by molar-refractivity contribution is -0.144. The summed E-state index contributed by atoms with van der Waals surface area (Å²) in [7, 11) is 0. The molecule has 3 heteroatoms. The second-order valence-corrected chi connectivity index (χ2v) is 7.64. The molecule has 2 aliphatic carbocycles. The number of rotatable bonds is 6. The topological polar surface area (TPSA) is 35.5 Å². The highest BCUT2D eigenvalue weighted by molar-refractivity contribution is 5.70. The molecule has 0 aromatic heterocycles. The number of carbonyl (C=O) groups excluding carboxylic acids is 1. The molecule has 0 radical (unpaired) electrons. The van der Waals surface area contributed by atoms with Crippen molar-refractivity contribution >= 4 is 5.97 Å². The molecule has 0 aromatic carbocycles. The van der Waals surface area contributed by atoms with Gasteiger partial charge in [-0.1, -0.05) is 44.3 Å². The van der Waals surface area contributed by atoms with Gasteiger partial charge in [0.2, 0.25) is 0 Å². The monoisotopic (exact) mass is 332 g/mol. The van der Waals surface area contributed by atoms with E-state index in [-0.39, 0.29) is 18.0 Å². The zero-order valence-corrected chi connectivity index (χ0v) is 15.4. The lowest BCUT2D eigenvalue weighted by atomic mass is 9.85. The van der Waals surface area contributed by atoms with Crippen LogP contribution in [0.2, 0.25) is 0 Å². The molecule has 3 nitrogen and oxygen atoms in total. The maximum absolute atomic E-state index is 12.1. The molecule has 3 rings (SSSR count). The van der Waals surface area contributed by atoms with E-state index in [1.807, 2.05) is 6.92 Å². The Hall–Kier alpha value is -1.25. The van der Waals surface area contributed by atoms with Gasteiger partial charge in [-0.25, -0.2) is 0 Å². The zero-order chi connectivity index (χ0) is 17.1. The summed E-state index contributed by atoms with van der Waals surface area (Å²) in [6.07, 6.45) is 12.7. The third-order valence-electron chi connectivity index (χ3n) is 6.11. The van der Waals surface area contributed by atoms with Crippen molar-refractivity contribution in [3.8, 4) is 0 Å². The Morgan fingerprint density at radius 1 is 1.25 bits per heavy atom. The first-order valence-corrected chi connectivity index (χ1v) is 9.86. The number of hydrogen-bond donors (Lipinski definition) is 0. The normalized spacial score (nSPS) is 33.3. The summed E-state index contributed by atoms with van der Waals surface area (Å²) in [4.78, 5) is 12.1. The molecule has 0 aromatic rings. The minimum Gasteiger partial charge on any atom is -0.494 e. The molecule has 4 atom stereocenters. The van der Waals surface area contributed by atoms with Gasteiger partial charge in [-0.05, 0) is 44.1 Å². The number of allylic oxidation sites excluding steroid dienone is 3. The Labute approximate surface area is 146 Å². The molecule has 1 aliphatic heterocycles. The zero-order valence-electron chi connectivity index (χ0n) is 15.4. The Kier molecular flexibility index (Phi) is 5.68. The van der Waals surface area contributed by atoms with Crippen LogP contribution in [0.5, 0.6) is 0 Å². The van der Waals surface area contributed by atoms with Gasteiger partial charge in [0.15, 0.2) is 0 Å². The minimum atomic E-state index is -0.0955. The average molecular weight is 332 g/mol. The molecule has 3 aliphatic rings. The quantitative estimate of drug-likeness (QED) is 0.641. The van der Waals surface area contributed by atoms with Crippen molar-refractivity contribution in [3.63, 3.8) is 0 Å². The fraction of sp³-hybridized carbons (Fsp3) is 0.762. The molecule has 2 fully saturated rings. The Morgan fingerprint density at radius 3 is 2.67 bits per heavy atom. The molecule has 4 unspecified atom stereocenters. The molecule has 0 spiro atoms. The SMILES string of the molecule is CCOC(=O)CC1C(C2CC2C2CCCC2)=CC=C(CC)OC1C. The summed E-state index contributed by atoms with van der Waals surface area (Å²) in [6, 6.07) is 0. The van der Waals surface area contributed by atoms with Crippen molar-refractivity contribution in [2.24, 2.45) is 23.7 Å². The summed E-state index contributed by atoms with van der Waals surface area (Å²) in [5, 5.41) is 0. The van der Waals surface area contributed by atoms with Gasteiger partial charge in [0.1, 0.15) is 6.10 Å². The highest BCUT2D eigenvalue weighted by Gasteiger charge is 2.48. The van der Waals surface area contributed by atoms with E-state index in [1.54, 1.807) is 0 Å². The first-order chi connectivity index (χ1) is 11.6. The molecule has 2 saturated carbocycles. The maximum Gasteiger partial charge on any atom is 0.306 e. The van der Waals surface area contributed by atoms with Crippen molar-refractivity contribution in [2.45, 2.75) is 71.8 Å². The summed E-state index contributed by atoms with van der Waals surface area (Å²) in [5.74, 6) is 3.50. The Morgan fingerprint density at radius 2 is 2.00 bits per heavy atom. The van der Waals surface area contributed by atoms with Crippen LogP contribution in [-0.4, -0.2) is 18.7 Å². The van der Waals surface area contributed by atoms with E-state index in [0.29, 0.717) is 18.9 Å². The van der Waals surface area contributed by atoms with Crippen molar-refractivity contribution < 1.29 is 14.3 Å². The van der Waals surface area contributed by atoms with Crippen LogP contribution in [-0.2, 0) is 14.3 Å². The van der Waals surface area contributed by atoms with E-state index in [0.717, 1.165) is 24.0 Å². The summed E-state index contributed by atoms with van der Waals surface area (Å²) < 4.78 is 11.3. The molecule has 0 amide bonds. The first kappa shape index (κ1) is 17.6. The molecule has 0 bridgehead atoms. The van der Waals surface area contributed by atoms with Crippen LogP contribution < -0.4 is 0 Å². The third kappa shape index (κ3) is 3.87. The average Bonchev–Trinajstić information content (AvgIpc) is 3.19. The van der Waals surface area contributed by atoms with Gasteiger partial charge in [-0.15, -0.1) is 0 Å². The van der Waals surface area contributed by atoms with Crippen LogP contribution in [0.3, 0.4) is 0 Å². The second kappa shape index (κ2) is 7.76. The largest absolute Gasteiger partial charge is 0.494 e. The van der Waals surface area contributed by atoms with Crippen molar-refractivity contribution in [1.82, 2.24) is 0 Å². The molecule has 134 valence electrons. The van der Waals surface area contributed by atoms with Gasteiger partial charge < -0.3 is 9.47 Å². The second-order valence-electron chi connectivity index (χ2n) is 7.64. The fourth-order valence-electron chi connectivity index (χ4n) is 4.73. The fourth-order valence-corrected chi connectivity index (χ4v) is 4.73. The van der Waals surface area contributed by atoms with Gasteiger partial charge >= 0.3 is 5.97 Å². The van der Waals surface area contributed by atoms with Crippen molar-refractivity contribution in [1.29, 1.82) is 0 Å². The standard InChI is InChI=1S/C21H32O3/c1-4-16-10-11-17(20-12-19(20)15-8-6-7-9-15)18(14(3)24-16)13-21(22)23-5-2/h10-11,14-15,18-20H,4-9,12-13H2,1-3H3. The molecule has 0 saturated heterocycles. The van der Waals surface area contributed by atoms with E-state index in [9.17, 15) is 4.79 Å². The smallest absolute Gasteiger partial charge is 0.306 e. The van der Waals surface area contributed by atoms with Gasteiger partial charge in [-0.3, -0.25) is 4.79 Å². The molecule has 24 heavy (non-hydrogen) atoms. The predicted octanol–water partition coefficient (Wildman–Crippen LogP) is 5.02. The lowest BCUT2D eigenvalue weighted by Gasteiger charge is -2.26. The molecule has 1 heterocycles. The number of carbonyl (C=O) groups is 1. The summed E-state index contributed by atoms with van der Waals surface area (Å²) >= 11 is 0. The van der Waals surface area contributed by atoms with Crippen molar-refractivity contribution in [3.05, 3.63) is 23.5 Å². The van der Waals surface area contributed by atoms with Gasteiger partial charge in [0.05, 0.1) is 18.8 Å². The Balaban J connectivity index is 1.75. The van der Waals surface area contributed by atoms with E-state index in [2.05, 4.69) is 26.0 Å².